The van der Waals surface area contributed by atoms with Crippen molar-refractivity contribution < 1.29 is 24.2 Å². The topological polar surface area (TPSA) is 87.0 Å². The van der Waals surface area contributed by atoms with Gasteiger partial charge in [-0.15, -0.1) is 10.9 Å². The number of esters is 1. The molecule has 0 atom stereocenters. The second-order valence-electron chi connectivity index (χ2n) is 7.37. The highest BCUT2D eigenvalue weighted by Crippen LogP contribution is 2.31. The fourth-order valence-corrected chi connectivity index (χ4v) is 4.94. The van der Waals surface area contributed by atoms with Crippen LogP contribution in [-0.4, -0.2) is 33.0 Å². The van der Waals surface area contributed by atoms with Gasteiger partial charge in [-0.05, 0) is 25.5 Å². The summed E-state index contributed by atoms with van der Waals surface area (Å²) in [5.41, 5.74) is 0. The van der Waals surface area contributed by atoms with E-state index in [9.17, 15) is 4.79 Å². The lowest BCUT2D eigenvalue weighted by Gasteiger charge is -2.04. The molecule has 28 heavy (non-hydrogen) atoms. The van der Waals surface area contributed by atoms with Gasteiger partial charge < -0.3 is 19.4 Å². The van der Waals surface area contributed by atoms with E-state index in [0.29, 0.717) is 23.3 Å². The van der Waals surface area contributed by atoms with Gasteiger partial charge in [-0.25, -0.2) is 4.79 Å². The second kappa shape index (κ2) is 20.2. The quantitative estimate of drug-likeness (QED) is 0.0710. The van der Waals surface area contributed by atoms with E-state index in [0.717, 1.165) is 25.7 Å². The molecule has 0 bridgehead atoms. The lowest BCUT2D eigenvalue weighted by Crippen LogP contribution is -2.01. The molecule has 0 aliphatic heterocycles. The maximum absolute atomic E-state index is 11.1. The first-order valence-corrected chi connectivity index (χ1v) is 14.4. The van der Waals surface area contributed by atoms with E-state index < -0.39 is 6.72 Å². The lowest BCUT2D eigenvalue weighted by molar-refractivity contribution is -0.137. The molecule has 7 heteroatoms. The van der Waals surface area contributed by atoms with Crippen LogP contribution in [0.4, 0.5) is 0 Å². The summed E-state index contributed by atoms with van der Waals surface area (Å²) in [6.07, 6.45) is 21.6. The van der Waals surface area contributed by atoms with Gasteiger partial charge in [-0.3, -0.25) is 0 Å². The molecule has 168 valence electrons. The van der Waals surface area contributed by atoms with Crippen LogP contribution in [0.1, 0.15) is 103 Å². The van der Waals surface area contributed by atoms with Crippen molar-refractivity contribution >= 4 is 23.6 Å². The van der Waals surface area contributed by atoms with Crippen LogP contribution in [0.2, 0.25) is 0 Å². The van der Waals surface area contributed by atoms with E-state index in [1.807, 2.05) is 6.92 Å². The third-order valence-electron chi connectivity index (χ3n) is 4.64. The highest BCUT2D eigenvalue weighted by Gasteiger charge is 1.99. The predicted molar refractivity (Wildman–Crippen MR) is 122 cm³/mol. The van der Waals surface area contributed by atoms with Crippen molar-refractivity contribution in [2.75, 3.05) is 12.4 Å². The monoisotopic (exact) mass is 438 g/mol. The van der Waals surface area contributed by atoms with Crippen LogP contribution in [-0.2, 0) is 20.5 Å². The second-order valence-corrected chi connectivity index (χ2v) is 11.6. The Kier molecular flexibility index (Phi) is 20.1. The van der Waals surface area contributed by atoms with Crippen molar-refractivity contribution in [1.29, 1.82) is 0 Å². The maximum Gasteiger partial charge on any atom is 0.330 e. The first-order chi connectivity index (χ1) is 13.5. The zero-order valence-electron chi connectivity index (χ0n) is 17.7. The number of thiol groups is 1. The van der Waals surface area contributed by atoms with Crippen LogP contribution in [0, 0.1) is 0 Å². The molecule has 0 amide bonds. The SMILES string of the molecule is CC=CC(=O)OCCCCCCCCCCCCCCCCC[SH]=P(O)(O)O. The number of unbranched alkanes of at least 4 members (excludes halogenated alkanes) is 14. The van der Waals surface area contributed by atoms with Gasteiger partial charge in [0.15, 0.2) is 0 Å². The largest absolute Gasteiger partial charge is 0.463 e. The molecular weight excluding hydrogens is 395 g/mol. The molecule has 0 heterocycles. The molecule has 0 spiro atoms. The van der Waals surface area contributed by atoms with Crippen LogP contribution in [0.15, 0.2) is 12.2 Å². The van der Waals surface area contributed by atoms with Gasteiger partial charge in [0.25, 0.3) is 6.72 Å². The first kappa shape index (κ1) is 27.9. The van der Waals surface area contributed by atoms with Crippen LogP contribution < -0.4 is 0 Å². The van der Waals surface area contributed by atoms with Crippen LogP contribution in [0.3, 0.4) is 0 Å². The zero-order valence-corrected chi connectivity index (χ0v) is 19.5. The zero-order chi connectivity index (χ0) is 20.9. The molecule has 0 aliphatic rings. The van der Waals surface area contributed by atoms with Crippen molar-refractivity contribution in [3.05, 3.63) is 12.2 Å². The fourth-order valence-electron chi connectivity index (χ4n) is 3.07. The fraction of sp³-hybridized carbons (Fsp3) is 0.857. The first-order valence-electron chi connectivity index (χ1n) is 11.0. The molecule has 0 aromatic carbocycles. The van der Waals surface area contributed by atoms with Crippen LogP contribution in [0.5, 0.6) is 0 Å². The molecule has 5 nitrogen and oxygen atoms in total. The van der Waals surface area contributed by atoms with Crippen LogP contribution >= 0.6 is 6.72 Å². The van der Waals surface area contributed by atoms with Gasteiger partial charge >= 0.3 is 5.97 Å². The van der Waals surface area contributed by atoms with E-state index >= 15 is 0 Å². The van der Waals surface area contributed by atoms with Gasteiger partial charge in [0, 0.05) is 6.08 Å². The Morgan fingerprint density at radius 1 is 0.750 bits per heavy atom. The van der Waals surface area contributed by atoms with E-state index in [2.05, 4.69) is 0 Å². The number of rotatable bonds is 19. The summed E-state index contributed by atoms with van der Waals surface area (Å²) in [6, 6.07) is 0. The smallest absolute Gasteiger partial charge is 0.330 e. The Bertz CT molecular complexity index is 440. The summed E-state index contributed by atoms with van der Waals surface area (Å²) < 4.78 is 5.07. The van der Waals surface area contributed by atoms with E-state index in [4.69, 9.17) is 19.4 Å². The standard InChI is InChI=1S/C21H43O5PS/c1-2-18-21(22)26-19-16-14-12-10-8-6-4-3-5-7-9-11-13-15-17-20-28-27(23,24)25/h2,18,23-25,28H,3-17,19-20H2,1H3. The Morgan fingerprint density at radius 2 is 1.14 bits per heavy atom. The maximum atomic E-state index is 11.1. The van der Waals surface area contributed by atoms with Gasteiger partial charge in [0.2, 0.25) is 0 Å². The van der Waals surface area contributed by atoms with Gasteiger partial charge in [-0.2, -0.15) is 0 Å². The normalized spacial score (nSPS) is 12.0. The van der Waals surface area contributed by atoms with Gasteiger partial charge in [-0.1, -0.05) is 89.5 Å². The van der Waals surface area contributed by atoms with Crippen molar-refractivity contribution in [2.45, 2.75) is 103 Å². The van der Waals surface area contributed by atoms with Crippen molar-refractivity contribution in [1.82, 2.24) is 0 Å². The Balaban J connectivity index is 3.13. The third kappa shape index (κ3) is 23.9. The molecule has 0 fully saturated rings. The summed E-state index contributed by atoms with van der Waals surface area (Å²) in [5.74, 6) is 0.448. The number of ether oxygens (including phenoxy) is 1. The van der Waals surface area contributed by atoms with Crippen molar-refractivity contribution in [3.8, 4) is 0 Å². The van der Waals surface area contributed by atoms with Crippen LogP contribution in [0.25, 0.3) is 0 Å². The molecule has 0 aromatic rings. The minimum Gasteiger partial charge on any atom is -0.463 e. The molecule has 3 N–H and O–H groups in total. The number of carbonyl (C=O) groups excluding carboxylic acids is 1. The molecule has 0 aliphatic carbocycles. The molecule has 0 unspecified atom stereocenters. The lowest BCUT2D eigenvalue weighted by atomic mass is 10.0. The summed E-state index contributed by atoms with van der Waals surface area (Å²) in [4.78, 5) is 37.7. The summed E-state index contributed by atoms with van der Waals surface area (Å²) in [6.45, 7) is -1.21. The molecule has 0 saturated carbocycles. The molecule has 0 saturated heterocycles. The molecule has 0 aromatic heterocycles. The molecule has 0 radical (unpaired) electrons. The highest BCUT2D eigenvalue weighted by molar-refractivity contribution is 8.16. The number of hydrogen-bond acceptors (Lipinski definition) is 2. The number of hydrogen-bond donors (Lipinski definition) is 4. The van der Waals surface area contributed by atoms with E-state index in [-0.39, 0.29) is 5.97 Å². The molecular formula is C21H43O5PS. The van der Waals surface area contributed by atoms with Crippen molar-refractivity contribution in [3.63, 3.8) is 0 Å². The Hall–Kier alpha value is -0.130. The Labute approximate surface area is 175 Å². The summed E-state index contributed by atoms with van der Waals surface area (Å²) in [5, 5.41) is 0. The van der Waals surface area contributed by atoms with E-state index in [1.54, 1.807) is 6.08 Å². The number of allylic oxidation sites excluding steroid dienone is 1. The van der Waals surface area contributed by atoms with Crippen molar-refractivity contribution in [2.24, 2.45) is 0 Å². The molecule has 0 rings (SSSR count). The van der Waals surface area contributed by atoms with E-state index in [1.165, 1.54) is 76.7 Å². The summed E-state index contributed by atoms with van der Waals surface area (Å²) in [7, 11) is 0.395. The summed E-state index contributed by atoms with van der Waals surface area (Å²) >= 11 is 0. The number of carbonyl (C=O) groups is 1. The van der Waals surface area contributed by atoms with Gasteiger partial charge in [0.05, 0.1) is 6.61 Å². The average Bonchev–Trinajstić information content (AvgIpc) is 2.63. The minimum atomic E-state index is -3.56. The predicted octanol–water partition coefficient (Wildman–Crippen LogP) is 5.43. The third-order valence-corrected chi connectivity index (χ3v) is 7.27. The average molecular weight is 439 g/mol. The minimum absolute atomic E-state index is 0.234. The Morgan fingerprint density at radius 3 is 1.54 bits per heavy atom. The highest BCUT2D eigenvalue weighted by atomic mass is 32.5. The van der Waals surface area contributed by atoms with Gasteiger partial charge in [0.1, 0.15) is 0 Å².